The molecule has 0 aromatic carbocycles. The molecule has 27 heavy (non-hydrogen) atoms. The Kier molecular flexibility index (Phi) is 6.50. The van der Waals surface area contributed by atoms with Crippen LogP contribution in [0.4, 0.5) is 4.79 Å². The van der Waals surface area contributed by atoms with Gasteiger partial charge in [-0.25, -0.2) is 4.79 Å². The van der Waals surface area contributed by atoms with Crippen LogP contribution in [0.5, 0.6) is 0 Å². The maximum atomic E-state index is 12.2. The Balaban J connectivity index is 1.44. The molecule has 0 aromatic rings. The van der Waals surface area contributed by atoms with Gasteiger partial charge >= 0.3 is 6.09 Å². The average molecular weight is 381 g/mol. The van der Waals surface area contributed by atoms with Gasteiger partial charge in [0.1, 0.15) is 5.60 Å². The van der Waals surface area contributed by atoms with Crippen LogP contribution < -0.4 is 10.6 Å². The molecule has 3 unspecified atom stereocenters. The number of nitrogens with one attached hydrogen (secondary N) is 2. The van der Waals surface area contributed by atoms with Crippen LogP contribution in [0.2, 0.25) is 0 Å². The van der Waals surface area contributed by atoms with Crippen molar-refractivity contribution < 1.29 is 14.3 Å². The van der Waals surface area contributed by atoms with Gasteiger partial charge < -0.3 is 25.0 Å². The summed E-state index contributed by atoms with van der Waals surface area (Å²) < 4.78 is 11.4. The van der Waals surface area contributed by atoms with Crippen molar-refractivity contribution in [1.82, 2.24) is 15.5 Å². The lowest BCUT2D eigenvalue weighted by molar-refractivity contribution is 0.0187. The van der Waals surface area contributed by atoms with E-state index in [9.17, 15) is 4.79 Å². The second-order valence-corrected chi connectivity index (χ2v) is 8.99. The lowest BCUT2D eigenvalue weighted by Gasteiger charge is -2.33. The zero-order valence-corrected chi connectivity index (χ0v) is 17.3. The maximum absolute atomic E-state index is 12.2. The third-order valence-corrected chi connectivity index (χ3v) is 5.55. The van der Waals surface area contributed by atoms with Crippen LogP contribution in [0.1, 0.15) is 59.8 Å². The number of hydrogen-bond acceptors (Lipinski definition) is 4. The van der Waals surface area contributed by atoms with E-state index in [1.807, 2.05) is 25.7 Å². The molecule has 2 bridgehead atoms. The van der Waals surface area contributed by atoms with E-state index in [1.54, 1.807) is 0 Å². The monoisotopic (exact) mass is 380 g/mol. The molecule has 3 fully saturated rings. The summed E-state index contributed by atoms with van der Waals surface area (Å²) in [4.78, 5) is 18.8. The molecule has 7 nitrogen and oxygen atoms in total. The van der Waals surface area contributed by atoms with Crippen molar-refractivity contribution in [3.8, 4) is 0 Å². The highest BCUT2D eigenvalue weighted by Crippen LogP contribution is 2.34. The molecule has 3 heterocycles. The molecule has 0 aromatic heterocycles. The number of fused-ring (bicyclic) bond motifs is 2. The number of amides is 1. The van der Waals surface area contributed by atoms with Crippen molar-refractivity contribution in [2.75, 3.05) is 26.2 Å². The number of ether oxygens (including phenoxy) is 2. The number of aliphatic imine (C=N–C) groups is 1. The van der Waals surface area contributed by atoms with Crippen LogP contribution in [0.3, 0.4) is 0 Å². The molecule has 0 spiro atoms. The minimum atomic E-state index is -0.436. The summed E-state index contributed by atoms with van der Waals surface area (Å²) in [6.45, 7) is 10.9. The standard InChI is InChI=1S/C20H36N4O3/c1-5-21-18(23-16-12-15-6-7-17(16)26-15)22-13-14-8-10-24(11-9-14)19(25)27-20(2,3)4/h14-17H,5-13H2,1-4H3,(H2,21,22,23). The summed E-state index contributed by atoms with van der Waals surface area (Å²) in [5, 5.41) is 6.93. The fourth-order valence-electron chi connectivity index (χ4n) is 4.13. The summed E-state index contributed by atoms with van der Waals surface area (Å²) in [5.74, 6) is 1.41. The second kappa shape index (κ2) is 8.67. The Morgan fingerprint density at radius 3 is 2.52 bits per heavy atom. The fourth-order valence-corrected chi connectivity index (χ4v) is 4.13. The zero-order valence-electron chi connectivity index (χ0n) is 17.3. The first kappa shape index (κ1) is 20.2. The Labute approximate surface area is 163 Å². The van der Waals surface area contributed by atoms with Gasteiger partial charge in [-0.15, -0.1) is 0 Å². The Morgan fingerprint density at radius 1 is 1.22 bits per heavy atom. The number of nitrogens with zero attached hydrogens (tertiary/aromatic N) is 2. The molecule has 3 saturated heterocycles. The molecule has 0 radical (unpaired) electrons. The van der Waals surface area contributed by atoms with Crippen LogP contribution in [0, 0.1) is 5.92 Å². The summed E-state index contributed by atoms with van der Waals surface area (Å²) in [5.41, 5.74) is -0.436. The lowest BCUT2D eigenvalue weighted by atomic mass is 9.95. The molecule has 0 saturated carbocycles. The van der Waals surface area contributed by atoms with Crippen LogP contribution in [0.15, 0.2) is 4.99 Å². The van der Waals surface area contributed by atoms with E-state index in [0.29, 0.717) is 24.2 Å². The average Bonchev–Trinajstić information content (AvgIpc) is 3.22. The number of guanidine groups is 1. The van der Waals surface area contributed by atoms with E-state index in [4.69, 9.17) is 14.5 Å². The highest BCUT2D eigenvalue weighted by molar-refractivity contribution is 5.80. The predicted octanol–water partition coefficient (Wildman–Crippen LogP) is 2.51. The SMILES string of the molecule is CCNC(=NCC1CCN(C(=O)OC(C)(C)C)CC1)NC1CC2CCC1O2. The van der Waals surface area contributed by atoms with E-state index in [0.717, 1.165) is 57.8 Å². The number of likely N-dealkylation sites (tertiary alicyclic amines) is 1. The smallest absolute Gasteiger partial charge is 0.410 e. The molecule has 3 aliphatic rings. The lowest BCUT2D eigenvalue weighted by Crippen LogP contribution is -2.47. The quantitative estimate of drug-likeness (QED) is 0.579. The summed E-state index contributed by atoms with van der Waals surface area (Å²) in [6.07, 6.45) is 5.97. The molecule has 3 rings (SSSR count). The molecule has 0 aliphatic carbocycles. The van der Waals surface area contributed by atoms with Crippen molar-refractivity contribution in [2.24, 2.45) is 10.9 Å². The van der Waals surface area contributed by atoms with Gasteiger partial charge in [0.15, 0.2) is 5.96 Å². The van der Waals surface area contributed by atoms with Gasteiger partial charge in [0.25, 0.3) is 0 Å². The first-order valence-electron chi connectivity index (χ1n) is 10.5. The topological polar surface area (TPSA) is 75.2 Å². The molecule has 1 amide bonds. The van der Waals surface area contributed by atoms with Crippen molar-refractivity contribution in [2.45, 2.75) is 83.6 Å². The number of rotatable bonds is 4. The number of carbonyl (C=O) groups is 1. The number of hydrogen-bond donors (Lipinski definition) is 2. The first-order valence-corrected chi connectivity index (χ1v) is 10.5. The van der Waals surface area contributed by atoms with Crippen molar-refractivity contribution in [3.05, 3.63) is 0 Å². The number of carbonyl (C=O) groups excluding carboxylic acids is 1. The van der Waals surface area contributed by atoms with Crippen LogP contribution in [-0.4, -0.2) is 67.0 Å². The predicted molar refractivity (Wildman–Crippen MR) is 106 cm³/mol. The first-order chi connectivity index (χ1) is 12.8. The van der Waals surface area contributed by atoms with Crippen molar-refractivity contribution >= 4 is 12.1 Å². The molecule has 7 heteroatoms. The summed E-state index contributed by atoms with van der Waals surface area (Å²) in [6, 6.07) is 0.385. The summed E-state index contributed by atoms with van der Waals surface area (Å²) in [7, 11) is 0. The molecule has 154 valence electrons. The molecule has 2 N–H and O–H groups in total. The van der Waals surface area contributed by atoms with Gasteiger partial charge in [-0.2, -0.15) is 0 Å². The van der Waals surface area contributed by atoms with Crippen LogP contribution in [0.25, 0.3) is 0 Å². The van der Waals surface area contributed by atoms with Crippen molar-refractivity contribution in [3.63, 3.8) is 0 Å². The third kappa shape index (κ3) is 5.74. The minimum Gasteiger partial charge on any atom is -0.444 e. The highest BCUT2D eigenvalue weighted by atomic mass is 16.6. The van der Waals surface area contributed by atoms with Gasteiger partial charge in [0.2, 0.25) is 0 Å². The normalized spacial score (nSPS) is 29.1. The van der Waals surface area contributed by atoms with Gasteiger partial charge in [0, 0.05) is 26.2 Å². The molecule has 3 atom stereocenters. The Morgan fingerprint density at radius 2 is 1.96 bits per heavy atom. The van der Waals surface area contributed by atoms with E-state index in [1.165, 1.54) is 6.42 Å². The molecular weight excluding hydrogens is 344 g/mol. The highest BCUT2D eigenvalue weighted by Gasteiger charge is 2.41. The summed E-state index contributed by atoms with van der Waals surface area (Å²) >= 11 is 0. The molecule has 3 aliphatic heterocycles. The van der Waals surface area contributed by atoms with E-state index >= 15 is 0 Å². The minimum absolute atomic E-state index is 0.198. The van der Waals surface area contributed by atoms with Crippen molar-refractivity contribution in [1.29, 1.82) is 0 Å². The Hall–Kier alpha value is -1.50. The number of piperidine rings is 1. The van der Waals surface area contributed by atoms with E-state index in [-0.39, 0.29) is 6.09 Å². The van der Waals surface area contributed by atoms with Crippen LogP contribution >= 0.6 is 0 Å². The van der Waals surface area contributed by atoms with E-state index in [2.05, 4.69) is 17.6 Å². The molecular formula is C20H36N4O3. The maximum Gasteiger partial charge on any atom is 0.410 e. The van der Waals surface area contributed by atoms with Gasteiger partial charge in [-0.1, -0.05) is 0 Å². The third-order valence-electron chi connectivity index (χ3n) is 5.55. The largest absolute Gasteiger partial charge is 0.444 e. The fraction of sp³-hybridized carbons (Fsp3) is 0.900. The van der Waals surface area contributed by atoms with Gasteiger partial charge in [-0.05, 0) is 65.7 Å². The van der Waals surface area contributed by atoms with Gasteiger partial charge in [0.05, 0.1) is 18.2 Å². The van der Waals surface area contributed by atoms with Crippen LogP contribution in [-0.2, 0) is 9.47 Å². The van der Waals surface area contributed by atoms with E-state index < -0.39 is 5.60 Å². The zero-order chi connectivity index (χ0) is 19.4. The Bertz CT molecular complexity index is 538. The van der Waals surface area contributed by atoms with Gasteiger partial charge in [-0.3, -0.25) is 4.99 Å². The second-order valence-electron chi connectivity index (χ2n) is 8.99.